The second-order valence-electron chi connectivity index (χ2n) is 7.04. The highest BCUT2D eigenvalue weighted by molar-refractivity contribution is 6.42. The molecule has 0 saturated carbocycles. The van der Waals surface area contributed by atoms with E-state index in [1.807, 2.05) is 29.2 Å². The smallest absolute Gasteiger partial charge is 0.219 e. The number of carbonyl (C=O) groups excluding carboxylic acids is 1. The number of hydrogen-bond donors (Lipinski definition) is 2. The predicted molar refractivity (Wildman–Crippen MR) is 111 cm³/mol. The number of nitrogens with two attached hydrogens (primary N) is 1. The zero-order valence-corrected chi connectivity index (χ0v) is 17.2. The number of piperidine rings is 1. The van der Waals surface area contributed by atoms with Gasteiger partial charge in [0.1, 0.15) is 11.9 Å². The number of aliphatic hydroxyl groups is 1. The van der Waals surface area contributed by atoms with E-state index in [0.29, 0.717) is 21.2 Å². The van der Waals surface area contributed by atoms with Gasteiger partial charge in [0.2, 0.25) is 5.91 Å². The maximum atomic E-state index is 11.4. The van der Waals surface area contributed by atoms with E-state index < -0.39 is 12.1 Å². The summed E-state index contributed by atoms with van der Waals surface area (Å²) < 4.78 is 6.01. The molecule has 0 spiro atoms. The van der Waals surface area contributed by atoms with E-state index in [-0.39, 0.29) is 12.0 Å². The Labute approximate surface area is 175 Å². The van der Waals surface area contributed by atoms with E-state index in [9.17, 15) is 9.90 Å². The van der Waals surface area contributed by atoms with Crippen molar-refractivity contribution < 1.29 is 14.6 Å². The van der Waals surface area contributed by atoms with Crippen LogP contribution in [0.15, 0.2) is 42.5 Å². The quantitative estimate of drug-likeness (QED) is 0.759. The van der Waals surface area contributed by atoms with Gasteiger partial charge in [-0.05, 0) is 35.4 Å². The Kier molecular flexibility index (Phi) is 6.83. The molecule has 7 heteroatoms. The van der Waals surface area contributed by atoms with Gasteiger partial charge in [-0.25, -0.2) is 0 Å². The van der Waals surface area contributed by atoms with Gasteiger partial charge in [0.05, 0.1) is 22.2 Å². The highest BCUT2D eigenvalue weighted by atomic mass is 35.5. The van der Waals surface area contributed by atoms with Crippen molar-refractivity contribution in [2.45, 2.75) is 38.0 Å². The molecule has 2 unspecified atom stereocenters. The van der Waals surface area contributed by atoms with E-state index in [4.69, 9.17) is 33.7 Å². The molecule has 1 saturated heterocycles. The number of ether oxygens (including phenoxy) is 1. The zero-order chi connectivity index (χ0) is 20.3. The number of benzene rings is 2. The molecule has 2 aromatic carbocycles. The summed E-state index contributed by atoms with van der Waals surface area (Å²) in [6, 6.07) is 11.7. The summed E-state index contributed by atoms with van der Waals surface area (Å²) in [6.07, 6.45) is 0.827. The molecule has 1 fully saturated rings. The Balaban J connectivity index is 1.60. The first-order chi connectivity index (χ1) is 13.3. The largest absolute Gasteiger partial charge is 0.490 e. The predicted octanol–water partition coefficient (Wildman–Crippen LogP) is 4.12. The summed E-state index contributed by atoms with van der Waals surface area (Å²) in [5.41, 5.74) is 7.60. The second-order valence-corrected chi connectivity index (χ2v) is 7.85. The first kappa shape index (κ1) is 20.9. The molecule has 5 nitrogen and oxygen atoms in total. The molecule has 0 aliphatic carbocycles. The number of carbonyl (C=O) groups is 1. The summed E-state index contributed by atoms with van der Waals surface area (Å²) in [4.78, 5) is 13.2. The number of rotatable bonds is 5. The fourth-order valence-electron chi connectivity index (χ4n) is 3.33. The van der Waals surface area contributed by atoms with Gasteiger partial charge in [-0.2, -0.15) is 0 Å². The average molecular weight is 423 g/mol. The minimum Gasteiger partial charge on any atom is -0.490 e. The second kappa shape index (κ2) is 9.14. The summed E-state index contributed by atoms with van der Waals surface area (Å²) in [5, 5.41) is 11.5. The summed E-state index contributed by atoms with van der Waals surface area (Å²) in [7, 11) is 0. The molecule has 1 aliphatic rings. The van der Waals surface area contributed by atoms with Crippen LogP contribution in [0.25, 0.3) is 0 Å². The first-order valence-electron chi connectivity index (χ1n) is 9.26. The van der Waals surface area contributed by atoms with Crippen molar-refractivity contribution >= 4 is 29.1 Å². The Morgan fingerprint density at radius 3 is 2.29 bits per heavy atom. The van der Waals surface area contributed by atoms with Crippen molar-refractivity contribution in [3.05, 3.63) is 63.6 Å². The lowest BCUT2D eigenvalue weighted by molar-refractivity contribution is -0.130. The van der Waals surface area contributed by atoms with E-state index in [2.05, 4.69) is 0 Å². The molecule has 0 bridgehead atoms. The SMILES string of the molecule is CC(=O)N1CCC(Oc2ccc(C(O)C(N)c3ccc(Cl)c(Cl)c3)cc2)CC1. The average Bonchev–Trinajstić information content (AvgIpc) is 2.70. The molecular formula is C21H24Cl2N2O3. The molecule has 2 atom stereocenters. The van der Waals surface area contributed by atoms with Crippen LogP contribution in [0.2, 0.25) is 10.0 Å². The van der Waals surface area contributed by atoms with Gasteiger partial charge in [-0.3, -0.25) is 4.79 Å². The third-order valence-corrected chi connectivity index (χ3v) is 5.82. The topological polar surface area (TPSA) is 75.8 Å². The number of amides is 1. The number of halogens is 2. The molecule has 3 N–H and O–H groups in total. The van der Waals surface area contributed by atoms with Gasteiger partial charge in [0.15, 0.2) is 0 Å². The number of nitrogens with zero attached hydrogens (tertiary/aromatic N) is 1. The molecule has 0 radical (unpaired) electrons. The first-order valence-corrected chi connectivity index (χ1v) is 10.0. The Morgan fingerprint density at radius 2 is 1.71 bits per heavy atom. The van der Waals surface area contributed by atoms with Crippen LogP contribution in [0, 0.1) is 0 Å². The van der Waals surface area contributed by atoms with Gasteiger partial charge in [-0.15, -0.1) is 0 Å². The van der Waals surface area contributed by atoms with Gasteiger partial charge in [-0.1, -0.05) is 41.4 Å². The van der Waals surface area contributed by atoms with Crippen LogP contribution in [0.3, 0.4) is 0 Å². The van der Waals surface area contributed by atoms with Gasteiger partial charge in [0.25, 0.3) is 0 Å². The van der Waals surface area contributed by atoms with Crippen molar-refractivity contribution in [1.82, 2.24) is 4.90 Å². The highest BCUT2D eigenvalue weighted by Gasteiger charge is 2.23. The monoisotopic (exact) mass is 422 g/mol. The number of likely N-dealkylation sites (tertiary alicyclic amines) is 1. The van der Waals surface area contributed by atoms with E-state index in [1.54, 1.807) is 25.1 Å². The molecule has 150 valence electrons. The molecule has 2 aromatic rings. The zero-order valence-electron chi connectivity index (χ0n) is 15.6. The molecule has 0 aromatic heterocycles. The van der Waals surface area contributed by atoms with Crippen LogP contribution in [-0.4, -0.2) is 35.1 Å². The summed E-state index contributed by atoms with van der Waals surface area (Å²) in [6.45, 7) is 3.03. The molecule has 1 aliphatic heterocycles. The van der Waals surface area contributed by atoms with Crippen molar-refractivity contribution in [1.29, 1.82) is 0 Å². The minimum atomic E-state index is -0.884. The van der Waals surface area contributed by atoms with E-state index >= 15 is 0 Å². The summed E-state index contributed by atoms with van der Waals surface area (Å²) >= 11 is 12.0. The summed E-state index contributed by atoms with van der Waals surface area (Å²) in [5.74, 6) is 0.843. The Morgan fingerprint density at radius 1 is 1.11 bits per heavy atom. The van der Waals surface area contributed by atoms with Crippen molar-refractivity contribution in [3.63, 3.8) is 0 Å². The maximum Gasteiger partial charge on any atom is 0.219 e. The lowest BCUT2D eigenvalue weighted by atomic mass is 9.96. The molecule has 1 amide bonds. The van der Waals surface area contributed by atoms with Crippen molar-refractivity contribution in [3.8, 4) is 5.75 Å². The van der Waals surface area contributed by atoms with Crippen LogP contribution < -0.4 is 10.5 Å². The van der Waals surface area contributed by atoms with Gasteiger partial charge in [0, 0.05) is 32.9 Å². The fourth-order valence-corrected chi connectivity index (χ4v) is 3.64. The van der Waals surface area contributed by atoms with Crippen LogP contribution in [0.4, 0.5) is 0 Å². The highest BCUT2D eigenvalue weighted by Crippen LogP contribution is 2.32. The van der Waals surface area contributed by atoms with E-state index in [0.717, 1.165) is 31.7 Å². The van der Waals surface area contributed by atoms with Crippen molar-refractivity contribution in [2.75, 3.05) is 13.1 Å². The van der Waals surface area contributed by atoms with Gasteiger partial charge >= 0.3 is 0 Å². The minimum absolute atomic E-state index is 0.0878. The van der Waals surface area contributed by atoms with Crippen LogP contribution >= 0.6 is 23.2 Å². The van der Waals surface area contributed by atoms with Crippen LogP contribution in [0.1, 0.15) is 43.0 Å². The third kappa shape index (κ3) is 4.97. The molecule has 1 heterocycles. The van der Waals surface area contributed by atoms with Crippen LogP contribution in [-0.2, 0) is 4.79 Å². The molecule has 28 heavy (non-hydrogen) atoms. The maximum absolute atomic E-state index is 11.4. The lowest BCUT2D eigenvalue weighted by Gasteiger charge is -2.31. The van der Waals surface area contributed by atoms with Crippen molar-refractivity contribution in [2.24, 2.45) is 5.73 Å². The van der Waals surface area contributed by atoms with E-state index in [1.165, 1.54) is 0 Å². The number of hydrogen-bond acceptors (Lipinski definition) is 4. The normalized spacial score (nSPS) is 17.2. The third-order valence-electron chi connectivity index (χ3n) is 5.08. The fraction of sp³-hybridized carbons (Fsp3) is 0.381. The molecular weight excluding hydrogens is 399 g/mol. The number of aliphatic hydroxyl groups excluding tert-OH is 1. The Bertz CT molecular complexity index is 821. The molecule has 3 rings (SSSR count). The van der Waals surface area contributed by atoms with Gasteiger partial charge < -0.3 is 20.5 Å². The lowest BCUT2D eigenvalue weighted by Crippen LogP contribution is -2.40. The van der Waals surface area contributed by atoms with Crippen LogP contribution in [0.5, 0.6) is 5.75 Å². The Hall–Kier alpha value is -1.79. The standard InChI is InChI=1S/C21H24Cl2N2O3/c1-13(26)25-10-8-17(9-11-25)28-16-5-2-14(3-6-16)21(27)20(24)15-4-7-18(22)19(23)12-15/h2-7,12,17,20-21,27H,8-11,24H2,1H3.